The van der Waals surface area contributed by atoms with Crippen LogP contribution in [0.1, 0.15) is 64.8 Å². The highest BCUT2D eigenvalue weighted by atomic mass is 19.1. The Labute approximate surface area is 200 Å². The first-order chi connectivity index (χ1) is 16.6. The van der Waals surface area contributed by atoms with E-state index in [-0.39, 0.29) is 11.8 Å². The number of fused-ring (bicyclic) bond motifs is 1. The van der Waals surface area contributed by atoms with Crippen molar-refractivity contribution in [2.45, 2.75) is 57.0 Å². The van der Waals surface area contributed by atoms with Crippen LogP contribution in [0.15, 0.2) is 36.4 Å². The fourth-order valence-corrected chi connectivity index (χ4v) is 6.11. The molecule has 2 aromatic carbocycles. The van der Waals surface area contributed by atoms with Gasteiger partial charge in [-0.05, 0) is 67.9 Å². The molecule has 0 N–H and O–H groups in total. The zero-order valence-corrected chi connectivity index (χ0v) is 19.6. The number of nitrogens with zero attached hydrogens (tertiary/aromatic N) is 3. The van der Waals surface area contributed by atoms with Crippen molar-refractivity contribution in [2.24, 2.45) is 0 Å². The highest BCUT2D eigenvalue weighted by Crippen LogP contribution is 2.33. The lowest BCUT2D eigenvalue weighted by Gasteiger charge is -2.37. The zero-order chi connectivity index (χ0) is 23.2. The maximum absolute atomic E-state index is 15.0. The lowest BCUT2D eigenvalue weighted by atomic mass is 9.91. The molecule has 0 unspecified atom stereocenters. The predicted molar refractivity (Wildman–Crippen MR) is 129 cm³/mol. The summed E-state index contributed by atoms with van der Waals surface area (Å²) in [5.74, 6) is -0.377. The first-order valence-corrected chi connectivity index (χ1v) is 12.9. The van der Waals surface area contributed by atoms with Crippen molar-refractivity contribution < 1.29 is 14.0 Å². The van der Waals surface area contributed by atoms with Gasteiger partial charge in [-0.2, -0.15) is 0 Å². The van der Waals surface area contributed by atoms with Gasteiger partial charge in [0, 0.05) is 61.5 Å². The number of hydrogen-bond donors (Lipinski definition) is 0. The molecule has 3 fully saturated rings. The van der Waals surface area contributed by atoms with Gasteiger partial charge in [-0.1, -0.05) is 24.6 Å². The highest BCUT2D eigenvalue weighted by Gasteiger charge is 2.37. The largest absolute Gasteiger partial charge is 0.339 e. The summed E-state index contributed by atoms with van der Waals surface area (Å²) in [5.41, 5.74) is 3.37. The molecule has 1 atom stereocenters. The summed E-state index contributed by atoms with van der Waals surface area (Å²) in [6, 6.07) is 11.5. The van der Waals surface area contributed by atoms with Crippen LogP contribution in [-0.4, -0.2) is 71.3 Å². The summed E-state index contributed by atoms with van der Waals surface area (Å²) in [6.07, 6.45) is 7.81. The van der Waals surface area contributed by atoms with E-state index in [9.17, 15) is 9.59 Å². The molecule has 0 aromatic heterocycles. The van der Waals surface area contributed by atoms with E-state index in [0.717, 1.165) is 81.1 Å². The molecular weight excluding hydrogens is 429 g/mol. The van der Waals surface area contributed by atoms with Gasteiger partial charge in [-0.3, -0.25) is 14.5 Å². The van der Waals surface area contributed by atoms with Crippen molar-refractivity contribution in [3.05, 3.63) is 58.9 Å². The Morgan fingerprint density at radius 3 is 2.38 bits per heavy atom. The maximum atomic E-state index is 15.0. The van der Waals surface area contributed by atoms with E-state index < -0.39 is 5.82 Å². The number of rotatable bonds is 4. The van der Waals surface area contributed by atoms with Crippen molar-refractivity contribution in [1.82, 2.24) is 14.7 Å². The Balaban J connectivity index is 1.18. The van der Waals surface area contributed by atoms with Crippen molar-refractivity contribution in [1.29, 1.82) is 0 Å². The van der Waals surface area contributed by atoms with E-state index in [2.05, 4.69) is 9.80 Å². The van der Waals surface area contributed by atoms with Gasteiger partial charge >= 0.3 is 0 Å². The van der Waals surface area contributed by atoms with Crippen LogP contribution in [-0.2, 0) is 6.42 Å². The van der Waals surface area contributed by atoms with Crippen LogP contribution < -0.4 is 0 Å². The summed E-state index contributed by atoms with van der Waals surface area (Å²) < 4.78 is 15.0. The van der Waals surface area contributed by atoms with Gasteiger partial charge in [0.2, 0.25) is 0 Å². The van der Waals surface area contributed by atoms with Crippen LogP contribution in [0.5, 0.6) is 0 Å². The van der Waals surface area contributed by atoms with Gasteiger partial charge < -0.3 is 9.80 Å². The number of amides is 2. The van der Waals surface area contributed by atoms with Gasteiger partial charge in [-0.15, -0.1) is 0 Å². The van der Waals surface area contributed by atoms with Gasteiger partial charge in [0.25, 0.3) is 11.8 Å². The molecule has 2 amide bonds. The number of carbonyl (C=O) groups excluding carboxylic acids is 2. The Bertz CT molecular complexity index is 1120. The second-order valence-corrected chi connectivity index (χ2v) is 10.3. The Kier molecular flexibility index (Phi) is 5.64. The normalized spacial score (nSPS) is 23.3. The molecule has 2 saturated heterocycles. The molecule has 3 aliphatic heterocycles. The van der Waals surface area contributed by atoms with Crippen LogP contribution in [0.4, 0.5) is 4.39 Å². The molecule has 4 aliphatic rings. The first kappa shape index (κ1) is 21.8. The molecule has 0 bridgehead atoms. The van der Waals surface area contributed by atoms with Gasteiger partial charge in [0.15, 0.2) is 0 Å². The lowest BCUT2D eigenvalue weighted by Crippen LogP contribution is -2.47. The van der Waals surface area contributed by atoms with E-state index in [1.54, 1.807) is 17.0 Å². The summed E-state index contributed by atoms with van der Waals surface area (Å²) >= 11 is 0. The average Bonchev–Trinajstić information content (AvgIpc) is 3.50. The SMILES string of the molecule is O=C(c1ccc(-c2ccc3c(c2)CCN([C@H]2CCN(C4CCC4)C2)C3=O)c(F)c1)N1CCCC1. The van der Waals surface area contributed by atoms with E-state index in [1.165, 1.54) is 25.3 Å². The minimum absolute atomic E-state index is 0.0955. The molecule has 6 rings (SSSR count). The minimum Gasteiger partial charge on any atom is -0.339 e. The van der Waals surface area contributed by atoms with Crippen molar-refractivity contribution >= 4 is 11.8 Å². The van der Waals surface area contributed by atoms with Crippen LogP contribution in [0.2, 0.25) is 0 Å². The fraction of sp³-hybridized carbons (Fsp3) is 0.500. The molecule has 34 heavy (non-hydrogen) atoms. The van der Waals surface area contributed by atoms with Crippen molar-refractivity contribution in [3.63, 3.8) is 0 Å². The van der Waals surface area contributed by atoms with Crippen molar-refractivity contribution in [2.75, 3.05) is 32.7 Å². The molecule has 5 nitrogen and oxygen atoms in total. The average molecular weight is 462 g/mol. The molecule has 178 valence electrons. The summed E-state index contributed by atoms with van der Waals surface area (Å²) in [4.78, 5) is 32.4. The number of halogens is 1. The second kappa shape index (κ2) is 8.81. The number of carbonyl (C=O) groups is 2. The molecule has 3 heterocycles. The standard InChI is InChI=1S/C28H32FN3O2/c29-26-17-21(27(33)30-12-1-2-13-30)7-8-24(26)19-6-9-25-20(16-19)10-15-32(28(25)34)23-11-14-31(18-23)22-4-3-5-22/h6-9,16-17,22-23H,1-5,10-15,18H2/t23-/m0/s1. The van der Waals surface area contributed by atoms with Crippen LogP contribution in [0, 0.1) is 5.82 Å². The molecule has 0 spiro atoms. The minimum atomic E-state index is -0.393. The summed E-state index contributed by atoms with van der Waals surface area (Å²) in [6.45, 7) is 4.32. The van der Waals surface area contributed by atoms with E-state index in [0.29, 0.717) is 17.2 Å². The van der Waals surface area contributed by atoms with Crippen LogP contribution in [0.3, 0.4) is 0 Å². The smallest absolute Gasteiger partial charge is 0.254 e. The summed E-state index contributed by atoms with van der Waals surface area (Å²) in [5, 5.41) is 0. The van der Waals surface area contributed by atoms with Crippen LogP contribution in [0.25, 0.3) is 11.1 Å². The third kappa shape index (κ3) is 3.82. The van der Waals surface area contributed by atoms with Crippen molar-refractivity contribution in [3.8, 4) is 11.1 Å². The molecule has 6 heteroatoms. The molecule has 1 aliphatic carbocycles. The number of likely N-dealkylation sites (tertiary alicyclic amines) is 2. The van der Waals surface area contributed by atoms with Gasteiger partial charge in [-0.25, -0.2) is 4.39 Å². The quantitative estimate of drug-likeness (QED) is 0.680. The van der Waals surface area contributed by atoms with Gasteiger partial charge in [0.05, 0.1) is 0 Å². The molecule has 1 saturated carbocycles. The molecule has 2 aromatic rings. The fourth-order valence-electron chi connectivity index (χ4n) is 6.11. The molecular formula is C28H32FN3O2. The van der Waals surface area contributed by atoms with E-state index in [1.807, 2.05) is 18.2 Å². The predicted octanol–water partition coefficient (Wildman–Crippen LogP) is 4.35. The van der Waals surface area contributed by atoms with Gasteiger partial charge in [0.1, 0.15) is 5.82 Å². The summed E-state index contributed by atoms with van der Waals surface area (Å²) in [7, 11) is 0. The Morgan fingerprint density at radius 1 is 0.853 bits per heavy atom. The van der Waals surface area contributed by atoms with E-state index in [4.69, 9.17) is 0 Å². The zero-order valence-electron chi connectivity index (χ0n) is 19.6. The monoisotopic (exact) mass is 461 g/mol. The number of hydrogen-bond acceptors (Lipinski definition) is 3. The van der Waals surface area contributed by atoms with Crippen LogP contribution >= 0.6 is 0 Å². The maximum Gasteiger partial charge on any atom is 0.254 e. The third-order valence-corrected chi connectivity index (χ3v) is 8.37. The van der Waals surface area contributed by atoms with E-state index >= 15 is 4.39 Å². The first-order valence-electron chi connectivity index (χ1n) is 12.9. The third-order valence-electron chi connectivity index (χ3n) is 8.37. The lowest BCUT2D eigenvalue weighted by molar-refractivity contribution is 0.0646. The Morgan fingerprint density at radius 2 is 1.65 bits per heavy atom. The topological polar surface area (TPSA) is 43.9 Å². The molecule has 0 radical (unpaired) electrons. The Hall–Kier alpha value is -2.73. The highest BCUT2D eigenvalue weighted by molar-refractivity contribution is 5.98. The second-order valence-electron chi connectivity index (χ2n) is 10.3. The number of benzene rings is 2.